The first-order chi connectivity index (χ1) is 13.2. The number of phenolic OH excluding ortho intramolecular Hbond substituents is 1. The Morgan fingerprint density at radius 3 is 2.59 bits per heavy atom. The van der Waals surface area contributed by atoms with E-state index in [1.165, 1.54) is 0 Å². The molecule has 2 heterocycles. The van der Waals surface area contributed by atoms with Crippen LogP contribution in [0, 0.1) is 0 Å². The van der Waals surface area contributed by atoms with Crippen molar-refractivity contribution in [2.45, 2.75) is 12.5 Å². The molecule has 7 nitrogen and oxygen atoms in total. The number of benzene rings is 2. The Morgan fingerprint density at radius 2 is 1.89 bits per heavy atom. The van der Waals surface area contributed by atoms with E-state index < -0.39 is 0 Å². The van der Waals surface area contributed by atoms with Gasteiger partial charge in [0.25, 0.3) is 0 Å². The molecule has 140 valence electrons. The highest BCUT2D eigenvalue weighted by Crippen LogP contribution is 2.36. The van der Waals surface area contributed by atoms with Crippen LogP contribution < -0.4 is 20.1 Å². The third kappa shape index (κ3) is 3.33. The van der Waals surface area contributed by atoms with E-state index in [4.69, 9.17) is 14.5 Å². The van der Waals surface area contributed by atoms with Crippen molar-refractivity contribution in [2.24, 2.45) is 0 Å². The van der Waals surface area contributed by atoms with Crippen LogP contribution in [0.15, 0.2) is 36.4 Å². The summed E-state index contributed by atoms with van der Waals surface area (Å²) >= 11 is 0. The number of anilines is 1. The van der Waals surface area contributed by atoms with Crippen LogP contribution >= 0.6 is 0 Å². The zero-order valence-electron chi connectivity index (χ0n) is 15.3. The smallest absolute Gasteiger partial charge is 0.165 e. The van der Waals surface area contributed by atoms with E-state index in [0.29, 0.717) is 34.2 Å². The van der Waals surface area contributed by atoms with Gasteiger partial charge in [0.05, 0.1) is 25.3 Å². The maximum absolute atomic E-state index is 10.2. The second-order valence-electron chi connectivity index (χ2n) is 6.47. The van der Waals surface area contributed by atoms with Crippen molar-refractivity contribution in [3.8, 4) is 28.6 Å². The molecule has 2 aromatic carbocycles. The van der Waals surface area contributed by atoms with E-state index in [0.717, 1.165) is 24.9 Å². The number of nitrogens with one attached hydrogen (secondary N) is 2. The van der Waals surface area contributed by atoms with Gasteiger partial charge in [0.15, 0.2) is 17.3 Å². The van der Waals surface area contributed by atoms with Crippen LogP contribution in [0.4, 0.5) is 5.82 Å². The van der Waals surface area contributed by atoms with Crippen LogP contribution in [0.5, 0.6) is 17.2 Å². The Bertz CT molecular complexity index is 971. The van der Waals surface area contributed by atoms with Crippen molar-refractivity contribution in [1.29, 1.82) is 0 Å². The predicted molar refractivity (Wildman–Crippen MR) is 105 cm³/mol. The number of ether oxygens (including phenoxy) is 2. The largest absolute Gasteiger partial charge is 0.507 e. The fourth-order valence-corrected chi connectivity index (χ4v) is 3.32. The Kier molecular flexibility index (Phi) is 4.68. The number of phenols is 1. The minimum Gasteiger partial charge on any atom is -0.507 e. The number of methoxy groups -OCH3 is 2. The Hall–Kier alpha value is -3.06. The molecule has 0 aliphatic carbocycles. The maximum atomic E-state index is 10.2. The van der Waals surface area contributed by atoms with Crippen LogP contribution in [-0.2, 0) is 0 Å². The lowest BCUT2D eigenvalue weighted by Gasteiger charge is -2.17. The highest BCUT2D eigenvalue weighted by Gasteiger charge is 2.19. The number of aromatic nitrogens is 2. The van der Waals surface area contributed by atoms with Crippen molar-refractivity contribution in [2.75, 3.05) is 32.6 Å². The first-order valence-electron chi connectivity index (χ1n) is 8.89. The zero-order chi connectivity index (χ0) is 18.8. The van der Waals surface area contributed by atoms with Gasteiger partial charge in [-0.1, -0.05) is 12.1 Å². The van der Waals surface area contributed by atoms with Crippen LogP contribution in [0.25, 0.3) is 22.3 Å². The molecule has 0 bridgehead atoms. The monoisotopic (exact) mass is 366 g/mol. The summed E-state index contributed by atoms with van der Waals surface area (Å²) in [5.41, 5.74) is 1.30. The molecule has 0 amide bonds. The van der Waals surface area contributed by atoms with Crippen molar-refractivity contribution < 1.29 is 14.6 Å². The number of para-hydroxylation sites is 1. The number of rotatable bonds is 5. The standard InChI is InChI=1S/C20H22N4O3/c1-26-17-9-14-15(10-18(17)27-2)23-19(13-5-3-4-6-16(13)25)24-20(14)22-12-7-8-21-11-12/h3-6,9-10,12,21,25H,7-8,11H2,1-2H3,(H,22,23,24). The molecule has 1 aromatic heterocycles. The topological polar surface area (TPSA) is 88.5 Å². The third-order valence-corrected chi connectivity index (χ3v) is 4.75. The molecular formula is C20H22N4O3. The minimum absolute atomic E-state index is 0.144. The van der Waals surface area contributed by atoms with Gasteiger partial charge in [0, 0.05) is 24.0 Å². The summed E-state index contributed by atoms with van der Waals surface area (Å²) in [6, 6.07) is 11.1. The Labute approximate surface area is 157 Å². The lowest BCUT2D eigenvalue weighted by atomic mass is 10.1. The molecule has 1 saturated heterocycles. The zero-order valence-corrected chi connectivity index (χ0v) is 15.3. The minimum atomic E-state index is 0.144. The van der Waals surface area contributed by atoms with Gasteiger partial charge >= 0.3 is 0 Å². The van der Waals surface area contributed by atoms with Crippen LogP contribution in [0.3, 0.4) is 0 Å². The van der Waals surface area contributed by atoms with Crippen LogP contribution in [-0.4, -0.2) is 48.4 Å². The van der Waals surface area contributed by atoms with E-state index >= 15 is 0 Å². The summed E-state index contributed by atoms with van der Waals surface area (Å²) in [4.78, 5) is 9.38. The van der Waals surface area contributed by atoms with Crippen molar-refractivity contribution in [3.05, 3.63) is 36.4 Å². The number of fused-ring (bicyclic) bond motifs is 1. The highest BCUT2D eigenvalue weighted by molar-refractivity contribution is 5.93. The molecule has 1 fully saturated rings. The molecule has 1 aliphatic rings. The fourth-order valence-electron chi connectivity index (χ4n) is 3.32. The summed E-state index contributed by atoms with van der Waals surface area (Å²) in [6.45, 7) is 1.86. The predicted octanol–water partition coefficient (Wildman–Crippen LogP) is 2.79. The van der Waals surface area contributed by atoms with E-state index in [1.54, 1.807) is 32.4 Å². The second kappa shape index (κ2) is 7.28. The lowest BCUT2D eigenvalue weighted by Crippen LogP contribution is -2.23. The van der Waals surface area contributed by atoms with Gasteiger partial charge in [-0.3, -0.25) is 0 Å². The fraction of sp³-hybridized carbons (Fsp3) is 0.300. The van der Waals surface area contributed by atoms with Gasteiger partial charge < -0.3 is 25.2 Å². The highest BCUT2D eigenvalue weighted by atomic mass is 16.5. The normalized spacial score (nSPS) is 16.4. The summed E-state index contributed by atoms with van der Waals surface area (Å²) < 4.78 is 10.9. The van der Waals surface area contributed by atoms with E-state index in [-0.39, 0.29) is 11.8 Å². The summed E-state index contributed by atoms with van der Waals surface area (Å²) in [7, 11) is 3.20. The number of hydrogen-bond acceptors (Lipinski definition) is 7. The van der Waals surface area contributed by atoms with Gasteiger partial charge in [-0.05, 0) is 31.2 Å². The van der Waals surface area contributed by atoms with Crippen molar-refractivity contribution in [3.63, 3.8) is 0 Å². The average Bonchev–Trinajstić information content (AvgIpc) is 3.20. The van der Waals surface area contributed by atoms with Gasteiger partial charge in [-0.2, -0.15) is 0 Å². The van der Waals surface area contributed by atoms with Gasteiger partial charge in [0.2, 0.25) is 0 Å². The van der Waals surface area contributed by atoms with Crippen LogP contribution in [0.1, 0.15) is 6.42 Å². The molecule has 7 heteroatoms. The molecule has 3 aromatic rings. The number of aromatic hydroxyl groups is 1. The molecule has 0 radical (unpaired) electrons. The SMILES string of the molecule is COc1cc2nc(-c3ccccc3O)nc(NC3CCNC3)c2cc1OC. The lowest BCUT2D eigenvalue weighted by molar-refractivity contribution is 0.356. The first kappa shape index (κ1) is 17.4. The second-order valence-corrected chi connectivity index (χ2v) is 6.47. The van der Waals surface area contributed by atoms with Gasteiger partial charge in [-0.15, -0.1) is 0 Å². The molecule has 4 rings (SSSR count). The van der Waals surface area contributed by atoms with Crippen LogP contribution in [0.2, 0.25) is 0 Å². The first-order valence-corrected chi connectivity index (χ1v) is 8.89. The maximum Gasteiger partial charge on any atom is 0.165 e. The number of nitrogens with zero attached hydrogens (tertiary/aromatic N) is 2. The quantitative estimate of drug-likeness (QED) is 0.640. The Balaban J connectivity index is 1.91. The molecule has 1 atom stereocenters. The molecule has 0 saturated carbocycles. The van der Waals surface area contributed by atoms with Gasteiger partial charge in [-0.25, -0.2) is 9.97 Å². The van der Waals surface area contributed by atoms with E-state index in [9.17, 15) is 5.11 Å². The molecule has 1 unspecified atom stereocenters. The molecule has 0 spiro atoms. The van der Waals surface area contributed by atoms with Gasteiger partial charge in [0.1, 0.15) is 11.6 Å². The molecule has 3 N–H and O–H groups in total. The molecule has 1 aliphatic heterocycles. The Morgan fingerprint density at radius 1 is 1.11 bits per heavy atom. The molecular weight excluding hydrogens is 344 g/mol. The average molecular weight is 366 g/mol. The van der Waals surface area contributed by atoms with Crippen molar-refractivity contribution in [1.82, 2.24) is 15.3 Å². The summed E-state index contributed by atoms with van der Waals surface area (Å²) in [5, 5.41) is 17.9. The van der Waals surface area contributed by atoms with E-state index in [2.05, 4.69) is 15.6 Å². The number of hydrogen-bond donors (Lipinski definition) is 3. The summed E-state index contributed by atoms with van der Waals surface area (Å²) in [5.74, 6) is 2.54. The molecule has 27 heavy (non-hydrogen) atoms. The third-order valence-electron chi connectivity index (χ3n) is 4.75. The van der Waals surface area contributed by atoms with E-state index in [1.807, 2.05) is 18.2 Å². The summed E-state index contributed by atoms with van der Waals surface area (Å²) in [6.07, 6.45) is 1.02. The van der Waals surface area contributed by atoms with Crippen molar-refractivity contribution >= 4 is 16.7 Å².